The lowest BCUT2D eigenvalue weighted by molar-refractivity contribution is -0.144. The Hall–Kier alpha value is -2.76. The van der Waals surface area contributed by atoms with Gasteiger partial charge in [0.25, 0.3) is 5.56 Å². The molecule has 5 nitrogen and oxygen atoms in total. The lowest BCUT2D eigenvalue weighted by atomic mass is 10.2. The van der Waals surface area contributed by atoms with E-state index in [9.17, 15) is 40.3 Å². The van der Waals surface area contributed by atoms with Crippen LogP contribution in [0, 0.1) is 5.82 Å². The second-order valence-corrected chi connectivity index (χ2v) is 6.11. The fourth-order valence-corrected chi connectivity index (χ4v) is 2.94. The van der Waals surface area contributed by atoms with Crippen LogP contribution in [0.5, 0.6) is 0 Å². The molecule has 0 unspecified atom stereocenters. The molecule has 0 saturated heterocycles. The maximum atomic E-state index is 14.5. The second-order valence-electron chi connectivity index (χ2n) is 5.70. The summed E-state index contributed by atoms with van der Waals surface area (Å²) < 4.78 is 92.3. The second kappa shape index (κ2) is 6.12. The van der Waals surface area contributed by atoms with Gasteiger partial charge in [0, 0.05) is 18.5 Å². The van der Waals surface area contributed by atoms with Crippen molar-refractivity contribution in [3.8, 4) is 5.69 Å². The SMILES string of the molecule is Cn1c(C(F)(F)F)cc(=O)n(-c2c(F)cc(Cl)c3[nH]c(C(F)(F)F)cc23)c1=O. The van der Waals surface area contributed by atoms with Crippen LogP contribution in [-0.2, 0) is 19.4 Å². The van der Waals surface area contributed by atoms with Gasteiger partial charge in [0.2, 0.25) is 0 Å². The van der Waals surface area contributed by atoms with E-state index in [1.807, 2.05) is 4.98 Å². The van der Waals surface area contributed by atoms with Gasteiger partial charge in [0.15, 0.2) is 0 Å². The molecule has 0 radical (unpaired) electrons. The molecular weight excluding hydrogens is 423 g/mol. The monoisotopic (exact) mass is 429 g/mol. The number of alkyl halides is 6. The molecule has 0 aliphatic rings. The normalized spacial score (nSPS) is 12.8. The summed E-state index contributed by atoms with van der Waals surface area (Å²) in [7, 11) is 0.685. The van der Waals surface area contributed by atoms with Crippen molar-refractivity contribution >= 4 is 22.5 Å². The first-order valence-corrected chi connectivity index (χ1v) is 7.60. The number of nitrogens with zero attached hydrogens (tertiary/aromatic N) is 2. The molecule has 1 aromatic carbocycles. The summed E-state index contributed by atoms with van der Waals surface area (Å²) in [6, 6.07) is 0.987. The molecule has 0 atom stereocenters. The summed E-state index contributed by atoms with van der Waals surface area (Å²) in [4.78, 5) is 26.4. The van der Waals surface area contributed by atoms with Gasteiger partial charge in [-0.1, -0.05) is 11.6 Å². The molecule has 0 aliphatic carbocycles. The first-order chi connectivity index (χ1) is 12.7. The van der Waals surface area contributed by atoms with Gasteiger partial charge in [-0.25, -0.2) is 13.8 Å². The van der Waals surface area contributed by atoms with Gasteiger partial charge in [-0.3, -0.25) is 9.36 Å². The molecule has 0 saturated carbocycles. The van der Waals surface area contributed by atoms with Crippen LogP contribution in [0.2, 0.25) is 5.02 Å². The lowest BCUT2D eigenvalue weighted by Gasteiger charge is -2.15. The summed E-state index contributed by atoms with van der Waals surface area (Å²) in [5.74, 6) is -1.37. The van der Waals surface area contributed by atoms with Crippen LogP contribution in [0.25, 0.3) is 16.6 Å². The molecule has 28 heavy (non-hydrogen) atoms. The van der Waals surface area contributed by atoms with E-state index in [4.69, 9.17) is 11.6 Å². The molecule has 13 heteroatoms. The topological polar surface area (TPSA) is 59.8 Å². The molecule has 1 N–H and O–H groups in total. The van der Waals surface area contributed by atoms with E-state index in [1.54, 1.807) is 0 Å². The minimum atomic E-state index is -5.06. The van der Waals surface area contributed by atoms with Gasteiger partial charge >= 0.3 is 18.0 Å². The quantitative estimate of drug-likeness (QED) is 0.597. The average Bonchev–Trinajstić information content (AvgIpc) is 2.98. The zero-order valence-electron chi connectivity index (χ0n) is 13.5. The average molecular weight is 430 g/mol. The molecule has 2 aromatic heterocycles. The lowest BCUT2D eigenvalue weighted by Crippen LogP contribution is -2.41. The van der Waals surface area contributed by atoms with E-state index >= 15 is 0 Å². The Labute approximate surface area is 154 Å². The zero-order valence-corrected chi connectivity index (χ0v) is 14.2. The zero-order chi connectivity index (χ0) is 21.2. The highest BCUT2D eigenvalue weighted by molar-refractivity contribution is 6.35. The van der Waals surface area contributed by atoms with Crippen molar-refractivity contribution in [2.75, 3.05) is 0 Å². The highest BCUT2D eigenvalue weighted by Crippen LogP contribution is 2.36. The highest BCUT2D eigenvalue weighted by atomic mass is 35.5. The number of aromatic amines is 1. The predicted molar refractivity (Wildman–Crippen MR) is 84.1 cm³/mol. The van der Waals surface area contributed by atoms with E-state index < -0.39 is 62.4 Å². The summed E-state index contributed by atoms with van der Waals surface area (Å²) >= 11 is 5.72. The fourth-order valence-electron chi connectivity index (χ4n) is 2.69. The summed E-state index contributed by atoms with van der Waals surface area (Å²) in [5.41, 5.74) is -7.53. The van der Waals surface area contributed by atoms with Crippen molar-refractivity contribution in [1.82, 2.24) is 14.1 Å². The first-order valence-electron chi connectivity index (χ1n) is 7.22. The van der Waals surface area contributed by atoms with Crippen molar-refractivity contribution in [3.63, 3.8) is 0 Å². The number of benzene rings is 1. The Balaban J connectivity index is 2.46. The first kappa shape index (κ1) is 20.0. The molecule has 3 aromatic rings. The van der Waals surface area contributed by atoms with Gasteiger partial charge in [-0.05, 0) is 12.1 Å². The third-order valence-electron chi connectivity index (χ3n) is 3.93. The highest BCUT2D eigenvalue weighted by Gasteiger charge is 2.36. The molecular formula is C15H7ClF7N3O2. The predicted octanol–water partition coefficient (Wildman–Crippen LogP) is 3.85. The molecule has 3 rings (SSSR count). The number of nitrogens with one attached hydrogen (secondary N) is 1. The number of aromatic nitrogens is 3. The van der Waals surface area contributed by atoms with Gasteiger partial charge in [-0.2, -0.15) is 26.3 Å². The molecule has 150 valence electrons. The Morgan fingerprint density at radius 3 is 2.14 bits per heavy atom. The Morgan fingerprint density at radius 2 is 1.61 bits per heavy atom. The van der Waals surface area contributed by atoms with Crippen LogP contribution < -0.4 is 11.2 Å². The van der Waals surface area contributed by atoms with Crippen LogP contribution >= 0.6 is 11.6 Å². The van der Waals surface area contributed by atoms with E-state index in [1.165, 1.54) is 0 Å². The smallest absolute Gasteiger partial charge is 0.350 e. The summed E-state index contributed by atoms with van der Waals surface area (Å²) in [5, 5.41) is -1.08. The van der Waals surface area contributed by atoms with Crippen LogP contribution in [0.15, 0.2) is 27.8 Å². The Kier molecular flexibility index (Phi) is 4.37. The van der Waals surface area contributed by atoms with Crippen LogP contribution in [0.4, 0.5) is 30.7 Å². The molecule has 0 bridgehead atoms. The fraction of sp³-hybridized carbons (Fsp3) is 0.200. The largest absolute Gasteiger partial charge is 0.431 e. The van der Waals surface area contributed by atoms with Gasteiger partial charge in [0.1, 0.15) is 17.2 Å². The van der Waals surface area contributed by atoms with Gasteiger partial charge < -0.3 is 4.98 Å². The van der Waals surface area contributed by atoms with Crippen LogP contribution in [0.1, 0.15) is 11.4 Å². The van der Waals surface area contributed by atoms with E-state index in [2.05, 4.69) is 0 Å². The molecule has 2 heterocycles. The minimum Gasteiger partial charge on any atom is -0.350 e. The van der Waals surface area contributed by atoms with Gasteiger partial charge in [-0.15, -0.1) is 0 Å². The van der Waals surface area contributed by atoms with Crippen LogP contribution in [0.3, 0.4) is 0 Å². The third-order valence-corrected chi connectivity index (χ3v) is 4.23. The van der Waals surface area contributed by atoms with Crippen molar-refractivity contribution in [3.05, 3.63) is 61.3 Å². The maximum Gasteiger partial charge on any atom is 0.431 e. The van der Waals surface area contributed by atoms with Crippen molar-refractivity contribution in [2.24, 2.45) is 7.05 Å². The summed E-state index contributed by atoms with van der Waals surface area (Å²) in [6.07, 6.45) is -9.95. The van der Waals surface area contributed by atoms with Crippen molar-refractivity contribution in [1.29, 1.82) is 0 Å². The van der Waals surface area contributed by atoms with Crippen molar-refractivity contribution in [2.45, 2.75) is 12.4 Å². The minimum absolute atomic E-state index is 0.0111. The number of fused-ring (bicyclic) bond motifs is 1. The number of H-pyrrole nitrogens is 1. The van der Waals surface area contributed by atoms with Crippen LogP contribution in [-0.4, -0.2) is 14.1 Å². The number of halogens is 8. The maximum absolute atomic E-state index is 14.5. The molecule has 0 fully saturated rings. The molecule has 0 aliphatic heterocycles. The van der Waals surface area contributed by atoms with Crippen molar-refractivity contribution < 1.29 is 30.7 Å². The third kappa shape index (κ3) is 3.07. The molecule has 0 amide bonds. The van der Waals surface area contributed by atoms with Gasteiger partial charge in [0.05, 0.1) is 16.2 Å². The summed E-state index contributed by atoms with van der Waals surface area (Å²) in [6.45, 7) is 0. The Bertz CT molecular complexity index is 1220. The van der Waals surface area contributed by atoms with E-state index in [0.29, 0.717) is 19.2 Å². The number of hydrogen-bond acceptors (Lipinski definition) is 2. The number of hydrogen-bond donors (Lipinski definition) is 1. The standard InChI is InChI=1S/C15H7ClF7N3O2/c1-25-9(15(21,22)23)4-10(27)26(13(25)28)12-5-2-8(14(18,19)20)24-11(5)6(16)3-7(12)17/h2-4,24H,1H3. The number of rotatable bonds is 1. The van der Waals surface area contributed by atoms with E-state index in [-0.39, 0.29) is 15.2 Å². The molecule has 0 spiro atoms. The van der Waals surface area contributed by atoms with E-state index in [0.717, 1.165) is 0 Å². The Morgan fingerprint density at radius 1 is 1.00 bits per heavy atom.